The van der Waals surface area contributed by atoms with Gasteiger partial charge in [-0.05, 0) is 30.0 Å². The third-order valence-electron chi connectivity index (χ3n) is 3.54. The molecular formula is C16H17NOS. The van der Waals surface area contributed by atoms with E-state index < -0.39 is 0 Å². The van der Waals surface area contributed by atoms with Gasteiger partial charge in [-0.15, -0.1) is 11.8 Å². The molecule has 0 amide bonds. The van der Waals surface area contributed by atoms with Crippen LogP contribution in [0.2, 0.25) is 0 Å². The number of thioether (sulfide) groups is 1. The van der Waals surface area contributed by atoms with Gasteiger partial charge in [-0.25, -0.2) is 0 Å². The first-order chi connectivity index (χ1) is 9.28. The van der Waals surface area contributed by atoms with Crippen molar-refractivity contribution < 1.29 is 4.74 Å². The predicted molar refractivity (Wildman–Crippen MR) is 79.6 cm³/mol. The highest BCUT2D eigenvalue weighted by molar-refractivity contribution is 7.98. The van der Waals surface area contributed by atoms with E-state index in [1.54, 1.807) is 11.8 Å². The van der Waals surface area contributed by atoms with E-state index in [0.29, 0.717) is 0 Å². The Kier molecular flexibility index (Phi) is 3.49. The molecule has 3 heteroatoms. The van der Waals surface area contributed by atoms with Crippen molar-refractivity contribution in [3.63, 3.8) is 0 Å². The van der Waals surface area contributed by atoms with Gasteiger partial charge in [-0.3, -0.25) is 0 Å². The minimum Gasteiger partial charge on any atom is -0.485 e. The molecule has 2 nitrogen and oxygen atoms in total. The lowest BCUT2D eigenvalue weighted by Gasteiger charge is -2.30. The molecule has 1 aliphatic heterocycles. The van der Waals surface area contributed by atoms with Crippen LogP contribution in [0.15, 0.2) is 53.4 Å². The van der Waals surface area contributed by atoms with Crippen LogP contribution in [0.4, 0.5) is 0 Å². The molecule has 2 atom stereocenters. The van der Waals surface area contributed by atoms with Gasteiger partial charge in [0.2, 0.25) is 0 Å². The maximum atomic E-state index is 6.25. The molecule has 1 unspecified atom stereocenters. The normalized spacial score (nSPS) is 21.6. The van der Waals surface area contributed by atoms with E-state index in [4.69, 9.17) is 10.5 Å². The van der Waals surface area contributed by atoms with Crippen molar-refractivity contribution >= 4 is 11.8 Å². The predicted octanol–water partition coefficient (Wildman–Crippen LogP) is 3.93. The summed E-state index contributed by atoms with van der Waals surface area (Å²) < 4.78 is 6.08. The summed E-state index contributed by atoms with van der Waals surface area (Å²) in [5.74, 6) is 0.917. The van der Waals surface area contributed by atoms with Crippen LogP contribution in [-0.2, 0) is 0 Å². The molecule has 19 heavy (non-hydrogen) atoms. The van der Waals surface area contributed by atoms with Crippen molar-refractivity contribution in [3.05, 3.63) is 59.7 Å². The van der Waals surface area contributed by atoms with Crippen LogP contribution in [0, 0.1) is 0 Å². The van der Waals surface area contributed by atoms with Crippen LogP contribution < -0.4 is 10.5 Å². The Morgan fingerprint density at radius 2 is 1.84 bits per heavy atom. The van der Waals surface area contributed by atoms with E-state index in [1.165, 1.54) is 10.5 Å². The molecule has 0 aromatic heterocycles. The Labute approximate surface area is 118 Å². The van der Waals surface area contributed by atoms with E-state index in [1.807, 2.05) is 24.3 Å². The molecule has 0 bridgehead atoms. The molecule has 0 saturated carbocycles. The monoisotopic (exact) mass is 271 g/mol. The Morgan fingerprint density at radius 1 is 1.11 bits per heavy atom. The van der Waals surface area contributed by atoms with Crippen LogP contribution >= 0.6 is 11.8 Å². The summed E-state index contributed by atoms with van der Waals surface area (Å²) in [7, 11) is 0. The van der Waals surface area contributed by atoms with E-state index >= 15 is 0 Å². The Morgan fingerprint density at radius 3 is 2.58 bits per heavy atom. The highest BCUT2D eigenvalue weighted by Crippen LogP contribution is 2.39. The van der Waals surface area contributed by atoms with E-state index in [2.05, 4.69) is 30.5 Å². The zero-order chi connectivity index (χ0) is 13.2. The number of hydrogen-bond donors (Lipinski definition) is 1. The molecule has 1 heterocycles. The smallest absolute Gasteiger partial charge is 0.126 e. The molecule has 0 spiro atoms. The standard InChI is InChI=1S/C16H17NOS/c1-19-12-8-6-11(7-9-12)16-10-14(17)13-4-2-3-5-15(13)18-16/h2-9,14,16H,10,17H2,1H3/t14-,16?/m1/s1. The van der Waals surface area contributed by atoms with Crippen molar-refractivity contribution in [2.24, 2.45) is 5.73 Å². The van der Waals surface area contributed by atoms with Gasteiger partial charge in [0.1, 0.15) is 11.9 Å². The molecule has 0 radical (unpaired) electrons. The Hall–Kier alpha value is -1.45. The lowest BCUT2D eigenvalue weighted by atomic mass is 9.94. The summed E-state index contributed by atoms with van der Waals surface area (Å²) in [6, 6.07) is 16.6. The molecule has 0 saturated heterocycles. The molecule has 0 fully saturated rings. The van der Waals surface area contributed by atoms with Crippen LogP contribution in [0.25, 0.3) is 0 Å². The van der Waals surface area contributed by atoms with E-state index in [0.717, 1.165) is 17.7 Å². The number of rotatable bonds is 2. The lowest BCUT2D eigenvalue weighted by Crippen LogP contribution is -2.23. The number of fused-ring (bicyclic) bond motifs is 1. The molecular weight excluding hydrogens is 254 g/mol. The average molecular weight is 271 g/mol. The first kappa shape index (κ1) is 12.6. The second-order valence-corrected chi connectivity index (χ2v) is 5.64. The van der Waals surface area contributed by atoms with Crippen molar-refractivity contribution in [3.8, 4) is 5.75 Å². The minimum absolute atomic E-state index is 0.0511. The van der Waals surface area contributed by atoms with Crippen molar-refractivity contribution in [1.29, 1.82) is 0 Å². The molecule has 2 N–H and O–H groups in total. The van der Waals surface area contributed by atoms with Crippen molar-refractivity contribution in [2.75, 3.05) is 6.26 Å². The van der Waals surface area contributed by atoms with Crippen LogP contribution in [0.1, 0.15) is 29.7 Å². The van der Waals surface area contributed by atoms with E-state index in [-0.39, 0.29) is 12.1 Å². The topological polar surface area (TPSA) is 35.2 Å². The van der Waals surface area contributed by atoms with Gasteiger partial charge in [0.25, 0.3) is 0 Å². The molecule has 1 aliphatic rings. The highest BCUT2D eigenvalue weighted by atomic mass is 32.2. The average Bonchev–Trinajstić information content (AvgIpc) is 2.47. The summed E-state index contributed by atoms with van der Waals surface area (Å²) in [5, 5.41) is 0. The van der Waals surface area contributed by atoms with Gasteiger partial charge in [0.05, 0.1) is 0 Å². The molecule has 2 aromatic rings. The molecule has 2 aromatic carbocycles. The zero-order valence-electron chi connectivity index (χ0n) is 10.9. The molecule has 0 aliphatic carbocycles. The van der Waals surface area contributed by atoms with Crippen molar-refractivity contribution in [1.82, 2.24) is 0 Å². The number of ether oxygens (including phenoxy) is 1. The maximum Gasteiger partial charge on any atom is 0.126 e. The van der Waals surface area contributed by atoms with Crippen LogP contribution in [0.3, 0.4) is 0 Å². The first-order valence-electron chi connectivity index (χ1n) is 6.43. The Bertz CT molecular complexity index is 567. The van der Waals surface area contributed by atoms with Gasteiger partial charge < -0.3 is 10.5 Å². The Balaban J connectivity index is 1.87. The van der Waals surface area contributed by atoms with E-state index in [9.17, 15) is 0 Å². The third kappa shape index (κ3) is 2.48. The third-order valence-corrected chi connectivity index (χ3v) is 4.29. The van der Waals surface area contributed by atoms with Gasteiger partial charge in [0.15, 0.2) is 0 Å². The molecule has 3 rings (SSSR count). The van der Waals surface area contributed by atoms with Gasteiger partial charge in [-0.1, -0.05) is 30.3 Å². The summed E-state index contributed by atoms with van der Waals surface area (Å²) in [6.45, 7) is 0. The number of benzene rings is 2. The second kappa shape index (κ2) is 5.27. The highest BCUT2D eigenvalue weighted by Gasteiger charge is 2.26. The fourth-order valence-electron chi connectivity index (χ4n) is 2.48. The summed E-state index contributed by atoms with van der Waals surface area (Å²) in [5.41, 5.74) is 8.55. The first-order valence-corrected chi connectivity index (χ1v) is 7.65. The van der Waals surface area contributed by atoms with Gasteiger partial charge in [-0.2, -0.15) is 0 Å². The fraction of sp³-hybridized carbons (Fsp3) is 0.250. The second-order valence-electron chi connectivity index (χ2n) is 4.76. The zero-order valence-corrected chi connectivity index (χ0v) is 11.7. The molecule has 98 valence electrons. The maximum absolute atomic E-state index is 6.25. The van der Waals surface area contributed by atoms with Gasteiger partial charge in [0, 0.05) is 22.9 Å². The summed E-state index contributed by atoms with van der Waals surface area (Å²) in [6.07, 6.45) is 2.97. The van der Waals surface area contributed by atoms with Gasteiger partial charge >= 0.3 is 0 Å². The fourth-order valence-corrected chi connectivity index (χ4v) is 2.88. The number of hydrogen-bond acceptors (Lipinski definition) is 3. The number of nitrogens with two attached hydrogens (primary N) is 1. The minimum atomic E-state index is 0.0511. The summed E-state index contributed by atoms with van der Waals surface area (Å²) in [4.78, 5) is 1.27. The van der Waals surface area contributed by atoms with Crippen LogP contribution in [0.5, 0.6) is 5.75 Å². The number of para-hydroxylation sites is 1. The largest absolute Gasteiger partial charge is 0.485 e. The summed E-state index contributed by atoms with van der Waals surface area (Å²) >= 11 is 1.75. The lowest BCUT2D eigenvalue weighted by molar-refractivity contribution is 0.161. The quantitative estimate of drug-likeness (QED) is 0.840. The van der Waals surface area contributed by atoms with Crippen LogP contribution in [-0.4, -0.2) is 6.26 Å². The SMILES string of the molecule is CSc1ccc(C2C[C@@H](N)c3ccccc3O2)cc1. The van der Waals surface area contributed by atoms with Crippen molar-refractivity contribution in [2.45, 2.75) is 23.5 Å².